The third-order valence-corrected chi connectivity index (χ3v) is 3.88. The summed E-state index contributed by atoms with van der Waals surface area (Å²) in [6.07, 6.45) is 0. The molecule has 0 aliphatic carbocycles. The smallest absolute Gasteiger partial charge is 0.288 e. The predicted molar refractivity (Wildman–Crippen MR) is 93.3 cm³/mol. The second-order valence-electron chi connectivity index (χ2n) is 5.44. The van der Waals surface area contributed by atoms with E-state index < -0.39 is 10.7 Å². The molecule has 25 heavy (non-hydrogen) atoms. The number of halogens is 2. The Morgan fingerprint density at radius 1 is 1.24 bits per heavy atom. The summed E-state index contributed by atoms with van der Waals surface area (Å²) in [4.78, 5) is 22.2. The highest BCUT2D eigenvalue weighted by molar-refractivity contribution is 6.32. The topological polar surface area (TPSA) is 84.3 Å². The molecule has 132 valence electrons. The molecule has 0 bridgehead atoms. The normalized spacial score (nSPS) is 10.5. The first-order valence-electron chi connectivity index (χ1n) is 7.56. The van der Waals surface area contributed by atoms with Gasteiger partial charge in [0.1, 0.15) is 10.8 Å². The fraction of sp³-hybridized carbons (Fsp3) is 0.235. The van der Waals surface area contributed by atoms with Crippen LogP contribution < -0.4 is 10.6 Å². The molecular weight excluding hydrogens is 349 g/mol. The number of amides is 1. The van der Waals surface area contributed by atoms with Gasteiger partial charge in [-0.15, -0.1) is 0 Å². The van der Waals surface area contributed by atoms with Gasteiger partial charge in [0, 0.05) is 31.3 Å². The Labute approximate surface area is 149 Å². The molecule has 0 saturated heterocycles. The molecule has 0 fully saturated rings. The molecule has 0 atom stereocenters. The molecule has 0 aliphatic rings. The quantitative estimate of drug-likeness (QED) is 0.448. The summed E-state index contributed by atoms with van der Waals surface area (Å²) in [5.74, 6) is -0.780. The van der Waals surface area contributed by atoms with Gasteiger partial charge in [0.15, 0.2) is 0 Å². The molecule has 0 radical (unpaired) electrons. The number of carbonyl (C=O) groups is 1. The number of carbonyl (C=O) groups excluding carboxylic acids is 1. The zero-order chi connectivity index (χ0) is 18.4. The maximum Gasteiger partial charge on any atom is 0.288 e. The third-order valence-electron chi connectivity index (χ3n) is 3.56. The Kier molecular flexibility index (Phi) is 6.44. The lowest BCUT2D eigenvalue weighted by Gasteiger charge is -2.08. The van der Waals surface area contributed by atoms with E-state index in [0.29, 0.717) is 30.8 Å². The van der Waals surface area contributed by atoms with E-state index in [4.69, 9.17) is 11.6 Å². The Balaban J connectivity index is 1.78. The number of aryl methyl sites for hydroxylation is 1. The van der Waals surface area contributed by atoms with Crippen LogP contribution in [0.4, 0.5) is 10.1 Å². The van der Waals surface area contributed by atoms with Gasteiger partial charge < -0.3 is 10.6 Å². The van der Waals surface area contributed by atoms with Crippen molar-refractivity contribution in [3.8, 4) is 0 Å². The van der Waals surface area contributed by atoms with Gasteiger partial charge in [-0.25, -0.2) is 4.39 Å². The average Bonchev–Trinajstić information content (AvgIpc) is 2.58. The van der Waals surface area contributed by atoms with Crippen molar-refractivity contribution in [3.05, 3.63) is 74.0 Å². The zero-order valence-corrected chi connectivity index (χ0v) is 14.3. The molecule has 0 aromatic heterocycles. The molecule has 2 aromatic rings. The van der Waals surface area contributed by atoms with E-state index in [1.807, 2.05) is 0 Å². The molecule has 0 saturated carbocycles. The number of hydrogen-bond donors (Lipinski definition) is 2. The molecule has 0 aliphatic heterocycles. The van der Waals surface area contributed by atoms with Crippen LogP contribution in [-0.4, -0.2) is 23.9 Å². The summed E-state index contributed by atoms with van der Waals surface area (Å²) in [5.41, 5.74) is 1.31. The molecule has 0 heterocycles. The summed E-state index contributed by atoms with van der Waals surface area (Å²) >= 11 is 5.75. The van der Waals surface area contributed by atoms with E-state index in [1.165, 1.54) is 18.2 Å². The minimum absolute atomic E-state index is 0.0892. The molecular formula is C17H17ClFN3O3. The molecule has 0 unspecified atom stereocenters. The van der Waals surface area contributed by atoms with Crippen LogP contribution in [0.2, 0.25) is 5.02 Å². The van der Waals surface area contributed by atoms with E-state index in [9.17, 15) is 19.3 Å². The second kappa shape index (κ2) is 8.55. The maximum absolute atomic E-state index is 13.4. The first-order chi connectivity index (χ1) is 11.9. The third kappa shape index (κ3) is 5.23. The summed E-state index contributed by atoms with van der Waals surface area (Å²) in [7, 11) is 0. The lowest BCUT2D eigenvalue weighted by molar-refractivity contribution is -0.384. The Hall–Kier alpha value is -2.51. The molecule has 0 spiro atoms. The van der Waals surface area contributed by atoms with E-state index in [0.717, 1.165) is 0 Å². The van der Waals surface area contributed by atoms with Gasteiger partial charge in [-0.3, -0.25) is 14.9 Å². The van der Waals surface area contributed by atoms with Gasteiger partial charge in [0.25, 0.3) is 11.6 Å². The number of nitro benzene ring substituents is 1. The van der Waals surface area contributed by atoms with Crippen LogP contribution in [0.5, 0.6) is 0 Å². The van der Waals surface area contributed by atoms with Gasteiger partial charge in [-0.2, -0.15) is 0 Å². The number of nitrogens with zero attached hydrogens (tertiary/aromatic N) is 1. The molecule has 1 amide bonds. The van der Waals surface area contributed by atoms with Gasteiger partial charge in [0.05, 0.1) is 4.92 Å². The summed E-state index contributed by atoms with van der Waals surface area (Å²) in [5, 5.41) is 16.7. The van der Waals surface area contributed by atoms with Crippen LogP contribution in [0.15, 0.2) is 36.4 Å². The Morgan fingerprint density at radius 3 is 2.68 bits per heavy atom. The first kappa shape index (κ1) is 18.8. The lowest BCUT2D eigenvalue weighted by Crippen LogP contribution is -2.31. The largest absolute Gasteiger partial charge is 0.351 e. The van der Waals surface area contributed by atoms with Gasteiger partial charge in [0.2, 0.25) is 0 Å². The van der Waals surface area contributed by atoms with Crippen molar-refractivity contribution in [1.82, 2.24) is 10.6 Å². The number of benzene rings is 2. The predicted octanol–water partition coefficient (Wildman–Crippen LogP) is 3.22. The first-order valence-corrected chi connectivity index (χ1v) is 7.94. The highest BCUT2D eigenvalue weighted by atomic mass is 35.5. The standard InChI is InChI=1S/C17H17ClFN3O3/c1-11-2-4-13(9-15(11)19)17(23)21-7-6-20-10-12-3-5-14(18)16(8-12)22(24)25/h2-5,8-9,20H,6-7,10H2,1H3,(H,21,23). The van der Waals surface area contributed by atoms with Crippen LogP contribution >= 0.6 is 11.6 Å². The maximum atomic E-state index is 13.4. The van der Waals surface area contributed by atoms with Crippen molar-refractivity contribution in [2.45, 2.75) is 13.5 Å². The highest BCUT2D eigenvalue weighted by Gasteiger charge is 2.12. The monoisotopic (exact) mass is 365 g/mol. The minimum Gasteiger partial charge on any atom is -0.351 e. The van der Waals surface area contributed by atoms with Crippen LogP contribution in [0.3, 0.4) is 0 Å². The van der Waals surface area contributed by atoms with Gasteiger partial charge in [-0.05, 0) is 36.2 Å². The lowest BCUT2D eigenvalue weighted by atomic mass is 10.1. The number of hydrogen-bond acceptors (Lipinski definition) is 4. The fourth-order valence-corrected chi connectivity index (χ4v) is 2.33. The minimum atomic E-state index is -0.535. The summed E-state index contributed by atoms with van der Waals surface area (Å²) < 4.78 is 13.4. The van der Waals surface area contributed by atoms with Crippen molar-refractivity contribution in [2.75, 3.05) is 13.1 Å². The van der Waals surface area contributed by atoms with Crippen LogP contribution in [0, 0.1) is 22.9 Å². The van der Waals surface area contributed by atoms with Crippen LogP contribution in [0.1, 0.15) is 21.5 Å². The van der Waals surface area contributed by atoms with Crippen molar-refractivity contribution in [2.24, 2.45) is 0 Å². The van der Waals surface area contributed by atoms with Crippen molar-refractivity contribution in [1.29, 1.82) is 0 Å². The Bertz CT molecular complexity index is 799. The Morgan fingerprint density at radius 2 is 2.00 bits per heavy atom. The van der Waals surface area contributed by atoms with Crippen LogP contribution in [-0.2, 0) is 6.54 Å². The van der Waals surface area contributed by atoms with E-state index >= 15 is 0 Å². The van der Waals surface area contributed by atoms with E-state index in [1.54, 1.807) is 25.1 Å². The highest BCUT2D eigenvalue weighted by Crippen LogP contribution is 2.24. The van der Waals surface area contributed by atoms with E-state index in [2.05, 4.69) is 10.6 Å². The number of nitro groups is 1. The van der Waals surface area contributed by atoms with Crippen LogP contribution in [0.25, 0.3) is 0 Å². The average molecular weight is 366 g/mol. The summed E-state index contributed by atoms with van der Waals surface area (Å²) in [6.45, 7) is 2.82. The molecule has 2 rings (SSSR count). The summed E-state index contributed by atoms with van der Waals surface area (Å²) in [6, 6.07) is 8.89. The SMILES string of the molecule is Cc1ccc(C(=O)NCCNCc2ccc(Cl)c([N+](=O)[O-])c2)cc1F. The van der Waals surface area contributed by atoms with Gasteiger partial charge >= 0.3 is 0 Å². The van der Waals surface area contributed by atoms with Crippen molar-refractivity contribution >= 4 is 23.2 Å². The molecule has 8 heteroatoms. The molecule has 2 N–H and O–H groups in total. The number of rotatable bonds is 7. The second-order valence-corrected chi connectivity index (χ2v) is 5.85. The van der Waals surface area contributed by atoms with Crippen molar-refractivity contribution in [3.63, 3.8) is 0 Å². The molecule has 2 aromatic carbocycles. The van der Waals surface area contributed by atoms with Gasteiger partial charge in [-0.1, -0.05) is 23.7 Å². The number of nitrogens with one attached hydrogen (secondary N) is 2. The van der Waals surface area contributed by atoms with Crippen molar-refractivity contribution < 1.29 is 14.1 Å². The van der Waals surface area contributed by atoms with E-state index in [-0.39, 0.29) is 22.2 Å². The fourth-order valence-electron chi connectivity index (χ4n) is 2.14. The zero-order valence-electron chi connectivity index (χ0n) is 13.5. The molecule has 6 nitrogen and oxygen atoms in total.